The molecule has 0 saturated carbocycles. The second kappa shape index (κ2) is 7.66. The number of piperidine rings is 1. The van der Waals surface area contributed by atoms with E-state index in [9.17, 15) is 5.11 Å². The number of likely N-dealkylation sites (tertiary alicyclic amines) is 1. The molecule has 21 heavy (non-hydrogen) atoms. The molecule has 0 aromatic heterocycles. The minimum atomic E-state index is -0.480. The lowest BCUT2D eigenvalue weighted by atomic mass is 9.94. The van der Waals surface area contributed by atoms with Crippen LogP contribution in [-0.4, -0.2) is 48.5 Å². The van der Waals surface area contributed by atoms with Gasteiger partial charge in [-0.1, -0.05) is 6.92 Å². The van der Waals surface area contributed by atoms with Gasteiger partial charge in [-0.2, -0.15) is 0 Å². The summed E-state index contributed by atoms with van der Waals surface area (Å²) in [4.78, 5) is 2.34. The summed E-state index contributed by atoms with van der Waals surface area (Å²) in [7, 11) is 0. The van der Waals surface area contributed by atoms with Crippen molar-refractivity contribution in [3.8, 4) is 11.5 Å². The van der Waals surface area contributed by atoms with Gasteiger partial charge in [0.15, 0.2) is 0 Å². The van der Waals surface area contributed by atoms with Gasteiger partial charge in [0.1, 0.15) is 18.1 Å². The van der Waals surface area contributed by atoms with Crippen LogP contribution < -0.4 is 9.47 Å². The monoisotopic (exact) mass is 293 g/mol. The summed E-state index contributed by atoms with van der Waals surface area (Å²) in [5.41, 5.74) is -0.480. The predicted octanol–water partition coefficient (Wildman–Crippen LogP) is 2.70. The highest BCUT2D eigenvalue weighted by atomic mass is 16.5. The Hall–Kier alpha value is -1.26. The van der Waals surface area contributed by atoms with E-state index in [1.54, 1.807) is 0 Å². The second-order valence-electron chi connectivity index (χ2n) is 6.01. The topological polar surface area (TPSA) is 41.9 Å². The fraction of sp³-hybridized carbons (Fsp3) is 0.647. The van der Waals surface area contributed by atoms with E-state index in [1.807, 2.05) is 31.2 Å². The molecule has 1 aliphatic heterocycles. The Balaban J connectivity index is 1.67. The van der Waals surface area contributed by atoms with Crippen LogP contribution in [0.4, 0.5) is 0 Å². The van der Waals surface area contributed by atoms with Gasteiger partial charge in [0.05, 0.1) is 12.2 Å². The first-order valence-corrected chi connectivity index (χ1v) is 7.89. The highest BCUT2D eigenvalue weighted by molar-refractivity contribution is 5.31. The highest BCUT2D eigenvalue weighted by Crippen LogP contribution is 2.21. The van der Waals surface area contributed by atoms with E-state index in [4.69, 9.17) is 9.47 Å². The Labute approximate surface area is 127 Å². The van der Waals surface area contributed by atoms with Crippen LogP contribution in [0, 0.1) is 0 Å². The molecule has 1 heterocycles. The summed E-state index contributed by atoms with van der Waals surface area (Å²) in [5, 5.41) is 9.91. The fourth-order valence-corrected chi connectivity index (χ4v) is 2.40. The van der Waals surface area contributed by atoms with E-state index in [0.29, 0.717) is 6.61 Å². The molecular formula is C17H27NO3. The first-order valence-electron chi connectivity index (χ1n) is 7.89. The van der Waals surface area contributed by atoms with Gasteiger partial charge in [-0.15, -0.1) is 0 Å². The van der Waals surface area contributed by atoms with Gasteiger partial charge in [-0.3, -0.25) is 4.90 Å². The van der Waals surface area contributed by atoms with E-state index < -0.39 is 5.60 Å². The van der Waals surface area contributed by atoms with Crippen LogP contribution in [-0.2, 0) is 0 Å². The molecule has 1 aromatic carbocycles. The lowest BCUT2D eigenvalue weighted by Gasteiger charge is -2.35. The predicted molar refractivity (Wildman–Crippen MR) is 84.0 cm³/mol. The lowest BCUT2D eigenvalue weighted by Crippen LogP contribution is -2.43. The van der Waals surface area contributed by atoms with Crippen molar-refractivity contribution in [2.45, 2.75) is 38.7 Å². The quantitative estimate of drug-likeness (QED) is 0.839. The maximum atomic E-state index is 9.91. The molecule has 2 rings (SSSR count). The number of aliphatic hydroxyl groups is 1. The third-order valence-corrected chi connectivity index (χ3v) is 3.91. The van der Waals surface area contributed by atoms with Crippen LogP contribution in [0.25, 0.3) is 0 Å². The van der Waals surface area contributed by atoms with Gasteiger partial charge < -0.3 is 14.6 Å². The SMILES string of the molecule is CCCOc1ccc(OCCN2CCC(C)(O)CC2)cc1. The number of nitrogens with zero attached hydrogens (tertiary/aromatic N) is 1. The number of hydrogen-bond donors (Lipinski definition) is 1. The van der Waals surface area contributed by atoms with Crippen LogP contribution in [0.3, 0.4) is 0 Å². The van der Waals surface area contributed by atoms with Crippen LogP contribution in [0.1, 0.15) is 33.1 Å². The molecule has 0 spiro atoms. The van der Waals surface area contributed by atoms with Crippen molar-refractivity contribution < 1.29 is 14.6 Å². The van der Waals surface area contributed by atoms with Gasteiger partial charge in [0, 0.05) is 19.6 Å². The third-order valence-electron chi connectivity index (χ3n) is 3.91. The Bertz CT molecular complexity index is 407. The molecule has 0 unspecified atom stereocenters. The van der Waals surface area contributed by atoms with Gasteiger partial charge in [0.25, 0.3) is 0 Å². The molecule has 4 heteroatoms. The molecule has 0 aliphatic carbocycles. The molecular weight excluding hydrogens is 266 g/mol. The third kappa shape index (κ3) is 5.56. The minimum absolute atomic E-state index is 0.480. The minimum Gasteiger partial charge on any atom is -0.494 e. The van der Waals surface area contributed by atoms with E-state index in [1.165, 1.54) is 0 Å². The zero-order chi connectivity index (χ0) is 15.1. The lowest BCUT2D eigenvalue weighted by molar-refractivity contribution is -0.00768. The molecule has 0 bridgehead atoms. The molecule has 1 saturated heterocycles. The summed E-state index contributed by atoms with van der Waals surface area (Å²) in [5.74, 6) is 1.77. The zero-order valence-electron chi connectivity index (χ0n) is 13.2. The molecule has 0 atom stereocenters. The van der Waals surface area contributed by atoms with Crippen molar-refractivity contribution in [3.05, 3.63) is 24.3 Å². The van der Waals surface area contributed by atoms with Crippen LogP contribution in [0.2, 0.25) is 0 Å². The largest absolute Gasteiger partial charge is 0.494 e. The number of rotatable bonds is 7. The molecule has 0 radical (unpaired) electrons. The van der Waals surface area contributed by atoms with Crippen molar-refractivity contribution in [2.75, 3.05) is 32.8 Å². The Morgan fingerprint density at radius 1 is 1.05 bits per heavy atom. The maximum Gasteiger partial charge on any atom is 0.119 e. The highest BCUT2D eigenvalue weighted by Gasteiger charge is 2.26. The van der Waals surface area contributed by atoms with Gasteiger partial charge in [-0.25, -0.2) is 0 Å². The molecule has 1 fully saturated rings. The standard InChI is InChI=1S/C17H27NO3/c1-3-13-20-15-4-6-16(7-5-15)21-14-12-18-10-8-17(2,19)9-11-18/h4-7,19H,3,8-14H2,1-2H3. The van der Waals surface area contributed by atoms with Crippen LogP contribution in [0.15, 0.2) is 24.3 Å². The summed E-state index contributed by atoms with van der Waals surface area (Å²) < 4.78 is 11.3. The maximum absolute atomic E-state index is 9.91. The Kier molecular flexibility index (Phi) is 5.88. The summed E-state index contributed by atoms with van der Waals surface area (Å²) in [6, 6.07) is 7.80. The molecule has 118 valence electrons. The molecule has 1 aliphatic rings. The first-order chi connectivity index (χ1) is 10.1. The average molecular weight is 293 g/mol. The zero-order valence-corrected chi connectivity index (χ0v) is 13.2. The summed E-state index contributed by atoms with van der Waals surface area (Å²) >= 11 is 0. The number of ether oxygens (including phenoxy) is 2. The second-order valence-corrected chi connectivity index (χ2v) is 6.01. The van der Waals surface area contributed by atoms with Crippen molar-refractivity contribution in [1.82, 2.24) is 4.90 Å². The number of hydrogen-bond acceptors (Lipinski definition) is 4. The molecule has 4 nitrogen and oxygen atoms in total. The van der Waals surface area contributed by atoms with Crippen molar-refractivity contribution >= 4 is 0 Å². The van der Waals surface area contributed by atoms with Gasteiger partial charge in [-0.05, 0) is 50.5 Å². The van der Waals surface area contributed by atoms with Gasteiger partial charge >= 0.3 is 0 Å². The van der Waals surface area contributed by atoms with E-state index >= 15 is 0 Å². The van der Waals surface area contributed by atoms with E-state index in [0.717, 1.165) is 57.0 Å². The molecule has 1 aromatic rings. The van der Waals surface area contributed by atoms with Crippen LogP contribution >= 0.6 is 0 Å². The molecule has 0 amide bonds. The van der Waals surface area contributed by atoms with Gasteiger partial charge in [0.2, 0.25) is 0 Å². The van der Waals surface area contributed by atoms with Crippen LogP contribution in [0.5, 0.6) is 11.5 Å². The summed E-state index contributed by atoms with van der Waals surface area (Å²) in [6.45, 7) is 8.24. The van der Waals surface area contributed by atoms with Crippen molar-refractivity contribution in [3.63, 3.8) is 0 Å². The first kappa shape index (κ1) is 16.1. The Morgan fingerprint density at radius 2 is 1.57 bits per heavy atom. The average Bonchev–Trinajstić information content (AvgIpc) is 2.48. The van der Waals surface area contributed by atoms with E-state index in [2.05, 4.69) is 11.8 Å². The van der Waals surface area contributed by atoms with E-state index in [-0.39, 0.29) is 0 Å². The Morgan fingerprint density at radius 3 is 2.10 bits per heavy atom. The fourth-order valence-electron chi connectivity index (χ4n) is 2.40. The van der Waals surface area contributed by atoms with Crippen molar-refractivity contribution in [2.24, 2.45) is 0 Å². The normalized spacial score (nSPS) is 18.4. The summed E-state index contributed by atoms with van der Waals surface area (Å²) in [6.07, 6.45) is 2.70. The molecule has 1 N–H and O–H groups in total. The number of benzene rings is 1. The van der Waals surface area contributed by atoms with Crippen molar-refractivity contribution in [1.29, 1.82) is 0 Å². The smallest absolute Gasteiger partial charge is 0.119 e.